The molecule has 1 aromatic carbocycles. The minimum Gasteiger partial charge on any atom is -0.491 e. The van der Waals surface area contributed by atoms with Crippen molar-refractivity contribution in [3.63, 3.8) is 0 Å². The zero-order valence-electron chi connectivity index (χ0n) is 13.8. The van der Waals surface area contributed by atoms with Crippen LogP contribution in [0.3, 0.4) is 0 Å². The first-order valence-electron chi connectivity index (χ1n) is 7.93. The van der Waals surface area contributed by atoms with Crippen molar-refractivity contribution in [2.45, 2.75) is 13.0 Å². The summed E-state index contributed by atoms with van der Waals surface area (Å²) in [7, 11) is 0. The molecule has 8 heteroatoms. The minimum atomic E-state index is -0.389. The van der Waals surface area contributed by atoms with Crippen molar-refractivity contribution in [2.75, 3.05) is 24.2 Å². The predicted molar refractivity (Wildman–Crippen MR) is 96.7 cm³/mol. The predicted octanol–water partition coefficient (Wildman–Crippen LogP) is 1.64. The quantitative estimate of drug-likeness (QED) is 0.497. The SMILES string of the molecule is CCN=C(N)c1cnc(NC(=O)NC2COc3ccccc32)cc1N. The minimum absolute atomic E-state index is 0.208. The van der Waals surface area contributed by atoms with Crippen molar-refractivity contribution >= 4 is 23.4 Å². The number of amidine groups is 1. The lowest BCUT2D eigenvalue weighted by Gasteiger charge is -2.13. The zero-order chi connectivity index (χ0) is 17.8. The second kappa shape index (κ2) is 7.08. The molecule has 1 unspecified atom stereocenters. The van der Waals surface area contributed by atoms with E-state index in [0.29, 0.717) is 36.1 Å². The maximum absolute atomic E-state index is 12.2. The summed E-state index contributed by atoms with van der Waals surface area (Å²) in [6, 6.07) is 8.55. The number of nitrogens with two attached hydrogens (primary N) is 2. The molecule has 2 aromatic rings. The first-order valence-corrected chi connectivity index (χ1v) is 7.93. The largest absolute Gasteiger partial charge is 0.491 e. The number of hydrogen-bond acceptors (Lipinski definition) is 5. The van der Waals surface area contributed by atoms with Gasteiger partial charge in [0, 0.05) is 30.1 Å². The Kier molecular flexibility index (Phi) is 4.69. The van der Waals surface area contributed by atoms with E-state index >= 15 is 0 Å². The number of nitrogens with zero attached hydrogens (tertiary/aromatic N) is 2. The monoisotopic (exact) mass is 340 g/mol. The summed E-state index contributed by atoms with van der Waals surface area (Å²) in [4.78, 5) is 20.5. The van der Waals surface area contributed by atoms with Gasteiger partial charge in [-0.3, -0.25) is 10.3 Å². The van der Waals surface area contributed by atoms with Crippen molar-refractivity contribution < 1.29 is 9.53 Å². The highest BCUT2D eigenvalue weighted by atomic mass is 16.5. The number of hydrogen-bond donors (Lipinski definition) is 4. The van der Waals surface area contributed by atoms with Crippen molar-refractivity contribution in [1.82, 2.24) is 10.3 Å². The van der Waals surface area contributed by atoms with E-state index in [4.69, 9.17) is 16.2 Å². The van der Waals surface area contributed by atoms with Crippen LogP contribution in [0, 0.1) is 0 Å². The Bertz CT molecular complexity index is 821. The summed E-state index contributed by atoms with van der Waals surface area (Å²) >= 11 is 0. The molecule has 0 bridgehead atoms. The summed E-state index contributed by atoms with van der Waals surface area (Å²) in [5.41, 5.74) is 13.7. The molecule has 3 rings (SSSR count). The second-order valence-corrected chi connectivity index (χ2v) is 5.52. The van der Waals surface area contributed by atoms with Crippen LogP contribution in [-0.4, -0.2) is 30.0 Å². The molecule has 1 aliphatic rings. The molecule has 2 amide bonds. The molecule has 1 atom stereocenters. The van der Waals surface area contributed by atoms with Gasteiger partial charge in [0.2, 0.25) is 0 Å². The van der Waals surface area contributed by atoms with Gasteiger partial charge in [-0.25, -0.2) is 9.78 Å². The third-order valence-electron chi connectivity index (χ3n) is 3.79. The Morgan fingerprint density at radius 3 is 3.00 bits per heavy atom. The van der Waals surface area contributed by atoms with Gasteiger partial charge in [0.15, 0.2) is 0 Å². The molecule has 0 fully saturated rings. The Balaban J connectivity index is 1.66. The lowest BCUT2D eigenvalue weighted by atomic mass is 10.1. The van der Waals surface area contributed by atoms with Gasteiger partial charge in [0.1, 0.15) is 24.0 Å². The number of fused-ring (bicyclic) bond motifs is 1. The number of nitrogen functional groups attached to an aromatic ring is 1. The van der Waals surface area contributed by atoms with Gasteiger partial charge in [-0.05, 0) is 13.0 Å². The summed E-state index contributed by atoms with van der Waals surface area (Å²) in [6.07, 6.45) is 1.49. The van der Waals surface area contributed by atoms with Crippen molar-refractivity contribution in [1.29, 1.82) is 0 Å². The van der Waals surface area contributed by atoms with E-state index in [2.05, 4.69) is 20.6 Å². The fraction of sp³-hybridized carbons (Fsp3) is 0.235. The van der Waals surface area contributed by atoms with Crippen LogP contribution >= 0.6 is 0 Å². The van der Waals surface area contributed by atoms with Gasteiger partial charge in [-0.1, -0.05) is 18.2 Å². The van der Waals surface area contributed by atoms with Crippen molar-refractivity contribution in [3.05, 3.63) is 47.7 Å². The van der Waals surface area contributed by atoms with Crippen LogP contribution in [0.2, 0.25) is 0 Å². The van der Waals surface area contributed by atoms with Crippen molar-refractivity contribution in [3.8, 4) is 5.75 Å². The first-order chi connectivity index (χ1) is 12.1. The molecular formula is C17H20N6O2. The average molecular weight is 340 g/mol. The van der Waals surface area contributed by atoms with E-state index in [1.165, 1.54) is 6.20 Å². The van der Waals surface area contributed by atoms with Crippen LogP contribution in [0.4, 0.5) is 16.3 Å². The lowest BCUT2D eigenvalue weighted by Crippen LogP contribution is -2.33. The molecule has 2 heterocycles. The number of carbonyl (C=O) groups excluding carboxylic acids is 1. The number of urea groups is 1. The van der Waals surface area contributed by atoms with Gasteiger partial charge in [-0.15, -0.1) is 0 Å². The molecule has 8 nitrogen and oxygen atoms in total. The normalized spacial score (nSPS) is 16.0. The number of para-hydroxylation sites is 1. The molecule has 0 aliphatic carbocycles. The Hall–Kier alpha value is -3.29. The molecule has 130 valence electrons. The topological polar surface area (TPSA) is 128 Å². The van der Waals surface area contributed by atoms with E-state index in [0.717, 1.165) is 11.3 Å². The van der Waals surface area contributed by atoms with Crippen LogP contribution in [0.15, 0.2) is 41.5 Å². The zero-order valence-corrected chi connectivity index (χ0v) is 13.8. The number of benzene rings is 1. The molecular weight excluding hydrogens is 320 g/mol. The van der Waals surface area contributed by atoms with E-state index in [-0.39, 0.29) is 12.1 Å². The Morgan fingerprint density at radius 1 is 1.44 bits per heavy atom. The van der Waals surface area contributed by atoms with E-state index in [1.54, 1.807) is 6.07 Å². The number of aliphatic imine (C=N–C) groups is 1. The third kappa shape index (κ3) is 3.63. The molecule has 1 aliphatic heterocycles. The van der Waals surface area contributed by atoms with Crippen LogP contribution in [0.5, 0.6) is 5.75 Å². The summed E-state index contributed by atoms with van der Waals surface area (Å²) < 4.78 is 5.54. The highest BCUT2D eigenvalue weighted by Crippen LogP contribution is 2.31. The number of amides is 2. The number of nitrogens with one attached hydrogen (secondary N) is 2. The van der Waals surface area contributed by atoms with E-state index in [1.807, 2.05) is 31.2 Å². The number of carbonyl (C=O) groups is 1. The van der Waals surface area contributed by atoms with Gasteiger partial charge >= 0.3 is 6.03 Å². The van der Waals surface area contributed by atoms with Crippen LogP contribution in [0.25, 0.3) is 0 Å². The smallest absolute Gasteiger partial charge is 0.321 e. The molecule has 0 radical (unpaired) electrons. The molecule has 6 N–H and O–H groups in total. The number of anilines is 2. The standard InChI is InChI=1S/C17H20N6O2/c1-2-20-16(19)11-8-21-15(7-12(11)18)23-17(24)22-13-9-25-14-6-4-3-5-10(13)14/h3-8,13H,2,9H2,1H3,(H2,19,20)(H4,18,21,22,23,24). The fourth-order valence-corrected chi connectivity index (χ4v) is 2.60. The molecule has 0 spiro atoms. The molecule has 0 saturated heterocycles. The van der Waals surface area contributed by atoms with E-state index in [9.17, 15) is 4.79 Å². The average Bonchev–Trinajstić information content (AvgIpc) is 2.98. The van der Waals surface area contributed by atoms with Crippen LogP contribution in [0.1, 0.15) is 24.1 Å². The van der Waals surface area contributed by atoms with Gasteiger partial charge < -0.3 is 21.5 Å². The Labute approximate surface area is 145 Å². The summed E-state index contributed by atoms with van der Waals surface area (Å²) in [5.74, 6) is 1.43. The third-order valence-corrected chi connectivity index (χ3v) is 3.79. The highest BCUT2D eigenvalue weighted by molar-refractivity contribution is 6.02. The van der Waals surface area contributed by atoms with Gasteiger partial charge in [0.05, 0.1) is 11.6 Å². The fourth-order valence-electron chi connectivity index (χ4n) is 2.60. The Morgan fingerprint density at radius 2 is 2.24 bits per heavy atom. The van der Waals surface area contributed by atoms with Gasteiger partial charge in [0.25, 0.3) is 0 Å². The molecule has 0 saturated carbocycles. The summed E-state index contributed by atoms with van der Waals surface area (Å²) in [6.45, 7) is 2.82. The first kappa shape index (κ1) is 16.6. The number of aromatic nitrogens is 1. The lowest BCUT2D eigenvalue weighted by molar-refractivity contribution is 0.243. The van der Waals surface area contributed by atoms with Crippen LogP contribution in [-0.2, 0) is 0 Å². The second-order valence-electron chi connectivity index (χ2n) is 5.52. The molecule has 1 aromatic heterocycles. The van der Waals surface area contributed by atoms with Crippen LogP contribution < -0.4 is 26.8 Å². The maximum Gasteiger partial charge on any atom is 0.321 e. The number of ether oxygens (including phenoxy) is 1. The maximum atomic E-state index is 12.2. The van der Waals surface area contributed by atoms with Crippen molar-refractivity contribution in [2.24, 2.45) is 10.7 Å². The molecule has 25 heavy (non-hydrogen) atoms. The highest BCUT2D eigenvalue weighted by Gasteiger charge is 2.25. The van der Waals surface area contributed by atoms with E-state index < -0.39 is 0 Å². The number of pyridine rings is 1. The summed E-state index contributed by atoms with van der Waals surface area (Å²) in [5, 5.41) is 5.52. The van der Waals surface area contributed by atoms with Gasteiger partial charge in [-0.2, -0.15) is 0 Å². The number of rotatable bonds is 4.